The number of carbonyl (C=O) groups is 4. The van der Waals surface area contributed by atoms with Crippen molar-refractivity contribution < 1.29 is 23.9 Å². The zero-order valence-electron chi connectivity index (χ0n) is 20.7. The van der Waals surface area contributed by atoms with Crippen molar-refractivity contribution in [1.82, 2.24) is 20.5 Å². The van der Waals surface area contributed by atoms with Gasteiger partial charge in [0.05, 0.1) is 12.7 Å². The van der Waals surface area contributed by atoms with Crippen LogP contribution in [-0.2, 0) is 25.7 Å². The number of hydrogen-bond donors (Lipinski definition) is 3. The Morgan fingerprint density at radius 2 is 1.89 bits per heavy atom. The van der Waals surface area contributed by atoms with Gasteiger partial charge in [0.15, 0.2) is 0 Å². The summed E-state index contributed by atoms with van der Waals surface area (Å²) in [6, 6.07) is 12.2. The van der Waals surface area contributed by atoms with Gasteiger partial charge in [0.25, 0.3) is 0 Å². The maximum Gasteiger partial charge on any atom is 0.337 e. The molecular formula is C27H29N5O5. The summed E-state index contributed by atoms with van der Waals surface area (Å²) < 4.78 is 4.71. The minimum absolute atomic E-state index is 0.261. The van der Waals surface area contributed by atoms with Crippen molar-refractivity contribution in [2.24, 2.45) is 0 Å². The Morgan fingerprint density at radius 1 is 1.14 bits per heavy atom. The molecule has 0 spiro atoms. The van der Waals surface area contributed by atoms with Gasteiger partial charge in [0, 0.05) is 31.6 Å². The number of esters is 1. The molecule has 1 aliphatic rings. The third kappa shape index (κ3) is 5.69. The van der Waals surface area contributed by atoms with Crippen LogP contribution in [0.1, 0.15) is 47.3 Å². The van der Waals surface area contributed by atoms with E-state index >= 15 is 0 Å². The number of likely N-dealkylation sites (tertiary alicyclic amines) is 1. The monoisotopic (exact) mass is 503 g/mol. The predicted molar refractivity (Wildman–Crippen MR) is 137 cm³/mol. The number of nitrogen functional groups attached to an aromatic ring is 1. The van der Waals surface area contributed by atoms with Crippen molar-refractivity contribution in [3.63, 3.8) is 0 Å². The first kappa shape index (κ1) is 25.6. The number of amides is 3. The maximum absolute atomic E-state index is 13.5. The van der Waals surface area contributed by atoms with Gasteiger partial charge in [0.2, 0.25) is 17.7 Å². The number of nitrogens with zero attached hydrogens (tertiary/aromatic N) is 2. The third-order valence-electron chi connectivity index (χ3n) is 6.42. The maximum atomic E-state index is 13.5. The van der Waals surface area contributed by atoms with Crippen LogP contribution in [0.2, 0.25) is 0 Å². The van der Waals surface area contributed by atoms with Gasteiger partial charge in [-0.1, -0.05) is 24.3 Å². The molecule has 0 bridgehead atoms. The summed E-state index contributed by atoms with van der Waals surface area (Å²) >= 11 is 0. The molecule has 0 saturated carbocycles. The van der Waals surface area contributed by atoms with E-state index in [1.807, 2.05) is 24.3 Å². The summed E-state index contributed by atoms with van der Waals surface area (Å²) in [6.45, 7) is 2.01. The lowest BCUT2D eigenvalue weighted by atomic mass is 10.0. The highest BCUT2D eigenvalue weighted by Gasteiger charge is 2.38. The molecule has 37 heavy (non-hydrogen) atoms. The molecule has 3 amide bonds. The fraction of sp³-hybridized carbons (Fsp3) is 0.296. The molecule has 1 saturated heterocycles. The number of aromatic nitrogens is 1. The number of rotatable bonds is 7. The van der Waals surface area contributed by atoms with Gasteiger partial charge < -0.3 is 26.0 Å². The molecule has 4 N–H and O–H groups in total. The molecule has 1 aromatic heterocycles. The largest absolute Gasteiger partial charge is 0.465 e. The smallest absolute Gasteiger partial charge is 0.337 e. The molecule has 2 atom stereocenters. The van der Waals surface area contributed by atoms with Gasteiger partial charge in [-0.15, -0.1) is 0 Å². The Labute approximate surface area is 214 Å². The van der Waals surface area contributed by atoms with Gasteiger partial charge >= 0.3 is 5.97 Å². The number of nitrogens with two attached hydrogens (primary N) is 1. The minimum atomic E-state index is -0.989. The fourth-order valence-electron chi connectivity index (χ4n) is 4.56. The lowest BCUT2D eigenvalue weighted by Crippen LogP contribution is -2.49. The number of methoxy groups -OCH3 is 1. The van der Waals surface area contributed by atoms with Crippen molar-refractivity contribution in [1.29, 1.82) is 0 Å². The van der Waals surface area contributed by atoms with E-state index in [9.17, 15) is 19.2 Å². The van der Waals surface area contributed by atoms with Crippen molar-refractivity contribution in [3.05, 3.63) is 71.4 Å². The molecule has 192 valence electrons. The van der Waals surface area contributed by atoms with Gasteiger partial charge in [-0.05, 0) is 53.6 Å². The standard InChI is InChI=1S/C27H29N5O5/c1-16(33)31-23(18-6-8-19(9-7-18)27(36)37-2)26(35)32-13-3-4-22(32)25(34)30-15-17-5-10-21-20(14-17)11-12-29-24(21)28/h5-12,14,22-23H,3-4,13,15H2,1-2H3,(H2,28,29)(H,30,34)(H,31,33). The molecule has 2 aromatic carbocycles. The highest BCUT2D eigenvalue weighted by Crippen LogP contribution is 2.25. The van der Waals surface area contributed by atoms with Gasteiger partial charge in [0.1, 0.15) is 17.9 Å². The number of fused-ring (bicyclic) bond motifs is 1. The Balaban J connectivity index is 1.47. The fourth-order valence-corrected chi connectivity index (χ4v) is 4.56. The number of hydrogen-bond acceptors (Lipinski definition) is 7. The molecule has 10 nitrogen and oxygen atoms in total. The Kier molecular flexibility index (Phi) is 7.66. The minimum Gasteiger partial charge on any atom is -0.465 e. The molecule has 0 radical (unpaired) electrons. The van der Waals surface area contributed by atoms with E-state index in [2.05, 4.69) is 15.6 Å². The summed E-state index contributed by atoms with van der Waals surface area (Å²) in [5.41, 5.74) is 7.63. The SMILES string of the molecule is COC(=O)c1ccc(C(NC(C)=O)C(=O)N2CCCC2C(=O)NCc2ccc3c(N)nccc3c2)cc1. The molecule has 1 fully saturated rings. The van der Waals surface area contributed by atoms with Crippen LogP contribution in [0.25, 0.3) is 10.8 Å². The van der Waals surface area contributed by atoms with Crippen LogP contribution in [0.5, 0.6) is 0 Å². The Morgan fingerprint density at radius 3 is 2.59 bits per heavy atom. The van der Waals surface area contributed by atoms with E-state index in [4.69, 9.17) is 10.5 Å². The molecule has 10 heteroatoms. The highest BCUT2D eigenvalue weighted by atomic mass is 16.5. The first-order chi connectivity index (χ1) is 17.8. The highest BCUT2D eigenvalue weighted by molar-refractivity contribution is 5.94. The van der Waals surface area contributed by atoms with Crippen LogP contribution in [0.15, 0.2) is 54.7 Å². The second-order valence-electron chi connectivity index (χ2n) is 8.91. The van der Waals surface area contributed by atoms with Crippen molar-refractivity contribution >= 4 is 40.3 Å². The van der Waals surface area contributed by atoms with E-state index in [1.54, 1.807) is 18.3 Å². The molecule has 3 aromatic rings. The molecule has 4 rings (SSSR count). The quantitative estimate of drug-likeness (QED) is 0.419. The molecule has 2 heterocycles. The van der Waals surface area contributed by atoms with E-state index in [0.29, 0.717) is 42.9 Å². The van der Waals surface area contributed by atoms with Gasteiger partial charge in [-0.3, -0.25) is 14.4 Å². The summed E-state index contributed by atoms with van der Waals surface area (Å²) in [5, 5.41) is 7.38. The van der Waals surface area contributed by atoms with Crippen LogP contribution >= 0.6 is 0 Å². The topological polar surface area (TPSA) is 144 Å². The van der Waals surface area contributed by atoms with E-state index in [0.717, 1.165) is 16.3 Å². The number of benzene rings is 2. The van der Waals surface area contributed by atoms with Gasteiger partial charge in [-0.25, -0.2) is 9.78 Å². The molecule has 0 aliphatic carbocycles. The number of carbonyl (C=O) groups excluding carboxylic acids is 4. The summed E-state index contributed by atoms with van der Waals surface area (Å²) in [6.07, 6.45) is 2.82. The number of anilines is 1. The van der Waals surface area contributed by atoms with E-state index in [1.165, 1.54) is 31.1 Å². The third-order valence-corrected chi connectivity index (χ3v) is 6.42. The van der Waals surface area contributed by atoms with Crippen LogP contribution in [0.4, 0.5) is 5.82 Å². The van der Waals surface area contributed by atoms with E-state index < -0.39 is 18.1 Å². The number of pyridine rings is 1. The predicted octanol–water partition coefficient (Wildman–Crippen LogP) is 2.09. The van der Waals surface area contributed by atoms with Crippen LogP contribution in [-0.4, -0.2) is 53.3 Å². The van der Waals surface area contributed by atoms with Crippen LogP contribution in [0.3, 0.4) is 0 Å². The Hall–Kier alpha value is -4.47. The van der Waals surface area contributed by atoms with Crippen molar-refractivity contribution in [2.45, 2.75) is 38.4 Å². The summed E-state index contributed by atoms with van der Waals surface area (Å²) in [4.78, 5) is 55.9. The summed E-state index contributed by atoms with van der Waals surface area (Å²) in [5.74, 6) is -1.09. The van der Waals surface area contributed by atoms with Gasteiger partial charge in [-0.2, -0.15) is 0 Å². The second kappa shape index (κ2) is 11.1. The lowest BCUT2D eigenvalue weighted by Gasteiger charge is -2.29. The van der Waals surface area contributed by atoms with Crippen LogP contribution in [0, 0.1) is 0 Å². The zero-order valence-corrected chi connectivity index (χ0v) is 20.7. The zero-order chi connectivity index (χ0) is 26.5. The molecule has 1 aliphatic heterocycles. The second-order valence-corrected chi connectivity index (χ2v) is 8.91. The number of nitrogens with one attached hydrogen (secondary N) is 2. The first-order valence-electron chi connectivity index (χ1n) is 11.9. The van der Waals surface area contributed by atoms with Crippen molar-refractivity contribution in [3.8, 4) is 0 Å². The lowest BCUT2D eigenvalue weighted by molar-refractivity contribution is -0.141. The van der Waals surface area contributed by atoms with E-state index in [-0.39, 0.29) is 17.7 Å². The average Bonchev–Trinajstić information content (AvgIpc) is 3.40. The first-order valence-corrected chi connectivity index (χ1v) is 11.9. The molecule has 2 unspecified atom stereocenters. The molecular weight excluding hydrogens is 474 g/mol. The number of ether oxygens (including phenoxy) is 1. The Bertz CT molecular complexity index is 1340. The summed E-state index contributed by atoms with van der Waals surface area (Å²) in [7, 11) is 1.28. The average molecular weight is 504 g/mol. The van der Waals surface area contributed by atoms with Crippen LogP contribution < -0.4 is 16.4 Å². The normalized spacial score (nSPS) is 15.7. The van der Waals surface area contributed by atoms with Crippen molar-refractivity contribution in [2.75, 3.05) is 19.4 Å².